The fourth-order valence-electron chi connectivity index (χ4n) is 1.39. The number of amides is 2. The van der Waals surface area contributed by atoms with Gasteiger partial charge in [-0.25, -0.2) is 4.79 Å². The van der Waals surface area contributed by atoms with Crippen LogP contribution in [0, 0.1) is 0 Å². The Balaban J connectivity index is 2.27. The lowest BCUT2D eigenvalue weighted by Crippen LogP contribution is -2.41. The van der Waals surface area contributed by atoms with E-state index < -0.39 is 12.0 Å². The van der Waals surface area contributed by atoms with Crippen LogP contribution in [0.5, 0.6) is 0 Å². The minimum atomic E-state index is -1.06. The molecular weight excluding hydrogens is 268 g/mol. The number of hydrogen-bond donors (Lipinski definition) is 3. The molecule has 7 heteroatoms. The molecule has 1 heterocycles. The molecule has 1 aromatic heterocycles. The van der Waals surface area contributed by atoms with Gasteiger partial charge in [0.15, 0.2) is 0 Å². The number of nitrogens with one attached hydrogen (secondary N) is 2. The van der Waals surface area contributed by atoms with E-state index in [0.29, 0.717) is 11.3 Å². The standard InChI is InChI=1S/C12H16N2O4S/c1-2-8(12(17)18)14-10(15)5-6-13-11(16)9-4-3-7-19-9/h3-4,7-8H,2,5-6H2,1H3,(H,13,16)(H,14,15)(H,17,18). The third-order valence-corrected chi connectivity index (χ3v) is 3.29. The number of rotatable bonds is 7. The first-order chi connectivity index (χ1) is 9.04. The summed E-state index contributed by atoms with van der Waals surface area (Å²) in [6.45, 7) is 1.86. The number of hydrogen-bond acceptors (Lipinski definition) is 4. The van der Waals surface area contributed by atoms with Crippen LogP contribution in [0.25, 0.3) is 0 Å². The molecule has 104 valence electrons. The maximum atomic E-state index is 11.5. The molecule has 0 fully saturated rings. The van der Waals surface area contributed by atoms with Gasteiger partial charge in [0.1, 0.15) is 6.04 Å². The van der Waals surface area contributed by atoms with Crippen LogP contribution in [0.3, 0.4) is 0 Å². The Labute approximate surface area is 114 Å². The third kappa shape index (κ3) is 5.09. The molecule has 1 rings (SSSR count). The fraction of sp³-hybridized carbons (Fsp3) is 0.417. The largest absolute Gasteiger partial charge is 0.480 e. The Morgan fingerprint density at radius 1 is 1.42 bits per heavy atom. The zero-order valence-electron chi connectivity index (χ0n) is 10.5. The van der Waals surface area contributed by atoms with Gasteiger partial charge in [0.2, 0.25) is 5.91 Å². The third-order valence-electron chi connectivity index (χ3n) is 2.42. The summed E-state index contributed by atoms with van der Waals surface area (Å²) in [5, 5.41) is 15.6. The summed E-state index contributed by atoms with van der Waals surface area (Å²) in [5.74, 6) is -1.67. The molecule has 0 aliphatic rings. The Kier molecular flexibility index (Phi) is 6.01. The van der Waals surface area contributed by atoms with Gasteiger partial charge in [0.25, 0.3) is 5.91 Å². The Hall–Kier alpha value is -1.89. The molecule has 2 amide bonds. The van der Waals surface area contributed by atoms with Crippen LogP contribution in [-0.4, -0.2) is 35.5 Å². The van der Waals surface area contributed by atoms with Crippen LogP contribution in [0.1, 0.15) is 29.4 Å². The van der Waals surface area contributed by atoms with Crippen molar-refractivity contribution in [2.24, 2.45) is 0 Å². The van der Waals surface area contributed by atoms with Gasteiger partial charge in [-0.2, -0.15) is 0 Å². The first-order valence-corrected chi connectivity index (χ1v) is 6.76. The number of carbonyl (C=O) groups is 3. The van der Waals surface area contributed by atoms with E-state index in [4.69, 9.17) is 5.11 Å². The Bertz CT molecular complexity index is 445. The summed E-state index contributed by atoms with van der Waals surface area (Å²) in [4.78, 5) is 34.3. The Morgan fingerprint density at radius 2 is 2.16 bits per heavy atom. The summed E-state index contributed by atoms with van der Waals surface area (Å²) >= 11 is 1.32. The molecule has 0 aliphatic heterocycles. The molecule has 0 saturated carbocycles. The predicted octanol–water partition coefficient (Wildman–Crippen LogP) is 0.847. The van der Waals surface area contributed by atoms with Crippen molar-refractivity contribution < 1.29 is 19.5 Å². The lowest BCUT2D eigenvalue weighted by molar-refractivity contribution is -0.141. The molecule has 1 unspecified atom stereocenters. The predicted molar refractivity (Wildman–Crippen MR) is 71.1 cm³/mol. The van der Waals surface area contributed by atoms with Crippen molar-refractivity contribution >= 4 is 29.1 Å². The molecule has 1 atom stereocenters. The van der Waals surface area contributed by atoms with Crippen molar-refractivity contribution in [2.75, 3.05) is 6.54 Å². The molecule has 6 nitrogen and oxygen atoms in total. The van der Waals surface area contributed by atoms with Crippen LogP contribution in [0.4, 0.5) is 0 Å². The van der Waals surface area contributed by atoms with Crippen molar-refractivity contribution in [3.63, 3.8) is 0 Å². The van der Waals surface area contributed by atoms with Gasteiger partial charge in [0.05, 0.1) is 4.88 Å². The monoisotopic (exact) mass is 284 g/mol. The van der Waals surface area contributed by atoms with E-state index in [2.05, 4.69) is 10.6 Å². The van der Waals surface area contributed by atoms with Crippen LogP contribution >= 0.6 is 11.3 Å². The lowest BCUT2D eigenvalue weighted by Gasteiger charge is -2.12. The summed E-state index contributed by atoms with van der Waals surface area (Å²) in [7, 11) is 0. The number of aliphatic carboxylic acids is 1. The quantitative estimate of drug-likeness (QED) is 0.691. The second kappa shape index (κ2) is 7.52. The zero-order valence-corrected chi connectivity index (χ0v) is 11.3. The van der Waals surface area contributed by atoms with E-state index in [9.17, 15) is 14.4 Å². The van der Waals surface area contributed by atoms with Crippen LogP contribution < -0.4 is 10.6 Å². The number of carbonyl (C=O) groups excluding carboxylic acids is 2. The van der Waals surface area contributed by atoms with E-state index in [1.54, 1.807) is 24.4 Å². The maximum absolute atomic E-state index is 11.5. The zero-order chi connectivity index (χ0) is 14.3. The first kappa shape index (κ1) is 15.2. The van der Waals surface area contributed by atoms with Gasteiger partial charge in [-0.1, -0.05) is 13.0 Å². The highest BCUT2D eigenvalue weighted by Crippen LogP contribution is 2.07. The van der Waals surface area contributed by atoms with Crippen molar-refractivity contribution in [3.05, 3.63) is 22.4 Å². The molecule has 0 radical (unpaired) electrons. The van der Waals surface area contributed by atoms with Crippen LogP contribution in [-0.2, 0) is 9.59 Å². The number of thiophene rings is 1. The highest BCUT2D eigenvalue weighted by molar-refractivity contribution is 7.12. The smallest absolute Gasteiger partial charge is 0.326 e. The molecule has 0 aromatic carbocycles. The van der Waals surface area contributed by atoms with E-state index in [0.717, 1.165) is 0 Å². The van der Waals surface area contributed by atoms with Crippen molar-refractivity contribution in [2.45, 2.75) is 25.8 Å². The Morgan fingerprint density at radius 3 is 2.68 bits per heavy atom. The van der Waals surface area contributed by atoms with Crippen molar-refractivity contribution in [3.8, 4) is 0 Å². The lowest BCUT2D eigenvalue weighted by atomic mass is 10.2. The van der Waals surface area contributed by atoms with Crippen molar-refractivity contribution in [1.29, 1.82) is 0 Å². The van der Waals surface area contributed by atoms with Gasteiger partial charge in [-0.3, -0.25) is 9.59 Å². The highest BCUT2D eigenvalue weighted by atomic mass is 32.1. The van der Waals surface area contributed by atoms with Gasteiger partial charge in [0, 0.05) is 13.0 Å². The molecule has 0 spiro atoms. The average Bonchev–Trinajstić information content (AvgIpc) is 2.89. The minimum absolute atomic E-state index is 0.0564. The summed E-state index contributed by atoms with van der Waals surface area (Å²) in [6.07, 6.45) is 0.378. The van der Waals surface area contributed by atoms with E-state index >= 15 is 0 Å². The molecule has 3 N–H and O–H groups in total. The molecular formula is C12H16N2O4S. The first-order valence-electron chi connectivity index (χ1n) is 5.88. The summed E-state index contributed by atoms with van der Waals surface area (Å²) < 4.78 is 0. The molecule has 1 aromatic rings. The normalized spacial score (nSPS) is 11.6. The molecule has 0 saturated heterocycles. The molecule has 0 bridgehead atoms. The second-order valence-corrected chi connectivity index (χ2v) is 4.80. The second-order valence-electron chi connectivity index (χ2n) is 3.85. The van der Waals surface area contributed by atoms with Crippen molar-refractivity contribution in [1.82, 2.24) is 10.6 Å². The number of carboxylic acids is 1. The SMILES string of the molecule is CCC(NC(=O)CCNC(=O)c1cccs1)C(=O)O. The summed E-state index contributed by atoms with van der Waals surface area (Å²) in [5.41, 5.74) is 0. The minimum Gasteiger partial charge on any atom is -0.480 e. The maximum Gasteiger partial charge on any atom is 0.326 e. The average molecular weight is 284 g/mol. The van der Waals surface area contributed by atoms with E-state index in [-0.39, 0.29) is 24.8 Å². The van der Waals surface area contributed by atoms with Gasteiger partial charge in [-0.05, 0) is 17.9 Å². The highest BCUT2D eigenvalue weighted by Gasteiger charge is 2.17. The fourth-order valence-corrected chi connectivity index (χ4v) is 2.03. The molecule has 19 heavy (non-hydrogen) atoms. The van der Waals surface area contributed by atoms with Crippen LogP contribution in [0.15, 0.2) is 17.5 Å². The number of carboxylic acid groups (broad SMARTS) is 1. The van der Waals surface area contributed by atoms with Crippen LogP contribution in [0.2, 0.25) is 0 Å². The van der Waals surface area contributed by atoms with Gasteiger partial charge >= 0.3 is 5.97 Å². The van der Waals surface area contributed by atoms with E-state index in [1.165, 1.54) is 11.3 Å². The summed E-state index contributed by atoms with van der Waals surface area (Å²) in [6, 6.07) is 2.59. The van der Waals surface area contributed by atoms with E-state index in [1.807, 2.05) is 0 Å². The molecule has 0 aliphatic carbocycles. The van der Waals surface area contributed by atoms with Gasteiger partial charge < -0.3 is 15.7 Å². The van der Waals surface area contributed by atoms with Gasteiger partial charge in [-0.15, -0.1) is 11.3 Å². The topological polar surface area (TPSA) is 95.5 Å².